The molecule has 35 heavy (non-hydrogen) atoms. The normalized spacial score (nSPS) is 10.5. The average molecular weight is 541 g/mol. The van der Waals surface area contributed by atoms with Gasteiger partial charge in [-0.05, 0) is 54.1 Å². The summed E-state index contributed by atoms with van der Waals surface area (Å²) in [6.07, 6.45) is 1.25. The third kappa shape index (κ3) is 6.71. The van der Waals surface area contributed by atoms with Gasteiger partial charge in [0, 0.05) is 16.2 Å². The maximum Gasteiger partial charge on any atom is 0.350 e. The molecule has 0 aliphatic heterocycles. The maximum atomic E-state index is 12.5. The molecule has 2 N–H and O–H groups in total. The Bertz CT molecular complexity index is 1310. The minimum Gasteiger partial charge on any atom is -0.493 e. The molecule has 0 fully saturated rings. The number of nitro benzene ring substituents is 1. The van der Waals surface area contributed by atoms with Gasteiger partial charge >= 0.3 is 17.8 Å². The van der Waals surface area contributed by atoms with E-state index in [2.05, 4.69) is 31.8 Å². The Morgan fingerprint density at radius 2 is 1.71 bits per heavy atom. The fourth-order valence-corrected chi connectivity index (χ4v) is 3.01. The molecule has 11 nitrogen and oxygen atoms in total. The number of nitrogens with one attached hydrogen (secondary N) is 2. The van der Waals surface area contributed by atoms with Crippen LogP contribution in [0.25, 0.3) is 0 Å². The van der Waals surface area contributed by atoms with Crippen molar-refractivity contribution in [2.24, 2.45) is 5.10 Å². The topological polar surface area (TPSA) is 149 Å². The molecule has 0 aromatic heterocycles. The van der Waals surface area contributed by atoms with Crippen LogP contribution in [0.3, 0.4) is 0 Å². The molecule has 3 aromatic rings. The first kappa shape index (κ1) is 25.1. The van der Waals surface area contributed by atoms with E-state index in [9.17, 15) is 24.5 Å². The van der Waals surface area contributed by atoms with E-state index in [-0.39, 0.29) is 22.7 Å². The number of esters is 1. The van der Waals surface area contributed by atoms with Gasteiger partial charge in [0.05, 0.1) is 18.2 Å². The molecule has 0 saturated carbocycles. The summed E-state index contributed by atoms with van der Waals surface area (Å²) in [7, 11) is 1.34. The largest absolute Gasteiger partial charge is 0.493 e. The second kappa shape index (κ2) is 11.5. The van der Waals surface area contributed by atoms with Crippen molar-refractivity contribution < 1.29 is 28.8 Å². The van der Waals surface area contributed by atoms with E-state index in [1.807, 2.05) is 0 Å². The highest BCUT2D eigenvalue weighted by atomic mass is 79.9. The number of carbonyl (C=O) groups is 3. The monoisotopic (exact) mass is 540 g/mol. The van der Waals surface area contributed by atoms with Crippen LogP contribution < -0.4 is 20.2 Å². The lowest BCUT2D eigenvalue weighted by Crippen LogP contribution is -2.32. The van der Waals surface area contributed by atoms with Gasteiger partial charge in [0.2, 0.25) is 0 Å². The van der Waals surface area contributed by atoms with Gasteiger partial charge in [0.15, 0.2) is 11.5 Å². The van der Waals surface area contributed by atoms with Crippen molar-refractivity contribution in [2.45, 2.75) is 0 Å². The Morgan fingerprint density at radius 3 is 2.40 bits per heavy atom. The van der Waals surface area contributed by atoms with Crippen LogP contribution in [0.4, 0.5) is 11.4 Å². The Balaban J connectivity index is 1.64. The van der Waals surface area contributed by atoms with Crippen molar-refractivity contribution in [1.29, 1.82) is 0 Å². The zero-order valence-corrected chi connectivity index (χ0v) is 19.6. The summed E-state index contributed by atoms with van der Waals surface area (Å²) in [5.74, 6) is -2.66. The molecule has 2 amide bonds. The van der Waals surface area contributed by atoms with E-state index in [4.69, 9.17) is 9.47 Å². The molecule has 0 aliphatic rings. The third-order valence-electron chi connectivity index (χ3n) is 4.40. The van der Waals surface area contributed by atoms with Gasteiger partial charge in [0.1, 0.15) is 5.56 Å². The molecule has 0 atom stereocenters. The van der Waals surface area contributed by atoms with E-state index in [0.29, 0.717) is 11.3 Å². The van der Waals surface area contributed by atoms with E-state index >= 15 is 0 Å². The lowest BCUT2D eigenvalue weighted by Gasteiger charge is -2.10. The molecular formula is C23H17BrN4O7. The number of hydrogen-bond acceptors (Lipinski definition) is 8. The summed E-state index contributed by atoms with van der Waals surface area (Å²) in [5, 5.41) is 17.3. The Labute approximate surface area is 207 Å². The molecule has 0 heterocycles. The Hall–Kier alpha value is -4.58. The highest BCUT2D eigenvalue weighted by molar-refractivity contribution is 9.10. The zero-order chi connectivity index (χ0) is 25.4. The van der Waals surface area contributed by atoms with Crippen molar-refractivity contribution >= 4 is 51.3 Å². The Kier molecular flexibility index (Phi) is 8.24. The van der Waals surface area contributed by atoms with Crippen LogP contribution in [-0.4, -0.2) is 36.0 Å². The third-order valence-corrected chi connectivity index (χ3v) is 4.93. The molecule has 178 valence electrons. The minimum atomic E-state index is -0.980. The highest BCUT2D eigenvalue weighted by Crippen LogP contribution is 2.29. The lowest BCUT2D eigenvalue weighted by molar-refractivity contribution is -0.385. The van der Waals surface area contributed by atoms with E-state index in [0.717, 1.165) is 4.47 Å². The number of ether oxygens (including phenoxy) is 2. The number of halogens is 1. The summed E-state index contributed by atoms with van der Waals surface area (Å²) in [4.78, 5) is 46.8. The zero-order valence-electron chi connectivity index (χ0n) is 18.1. The smallest absolute Gasteiger partial charge is 0.350 e. The molecule has 12 heteroatoms. The number of nitro groups is 1. The van der Waals surface area contributed by atoms with Gasteiger partial charge < -0.3 is 14.8 Å². The lowest BCUT2D eigenvalue weighted by atomic mass is 10.2. The van der Waals surface area contributed by atoms with Gasteiger partial charge in [-0.1, -0.05) is 28.1 Å². The van der Waals surface area contributed by atoms with Gasteiger partial charge in [-0.25, -0.2) is 10.2 Å². The summed E-state index contributed by atoms with van der Waals surface area (Å²) >= 11 is 3.27. The van der Waals surface area contributed by atoms with Crippen molar-refractivity contribution in [3.63, 3.8) is 0 Å². The van der Waals surface area contributed by atoms with Gasteiger partial charge in [-0.2, -0.15) is 5.10 Å². The van der Waals surface area contributed by atoms with Crippen molar-refractivity contribution in [1.82, 2.24) is 5.43 Å². The molecular weight excluding hydrogens is 524 g/mol. The first-order valence-electron chi connectivity index (χ1n) is 9.82. The molecule has 0 aliphatic carbocycles. The number of anilines is 1. The van der Waals surface area contributed by atoms with E-state index < -0.39 is 22.7 Å². The van der Waals surface area contributed by atoms with E-state index in [1.165, 1.54) is 55.8 Å². The first-order valence-corrected chi connectivity index (χ1v) is 10.6. The number of nitrogens with zero attached hydrogens (tertiary/aromatic N) is 2. The first-order chi connectivity index (χ1) is 16.8. The summed E-state index contributed by atoms with van der Waals surface area (Å²) in [6.45, 7) is 0. The fraction of sp³-hybridized carbons (Fsp3) is 0.0435. The molecule has 0 unspecified atom stereocenters. The number of benzene rings is 3. The quantitative estimate of drug-likeness (QED) is 0.116. The Morgan fingerprint density at radius 1 is 1.00 bits per heavy atom. The molecule has 0 saturated heterocycles. The summed E-state index contributed by atoms with van der Waals surface area (Å²) in [5.41, 5.74) is 2.39. The van der Waals surface area contributed by atoms with Crippen LogP contribution in [-0.2, 0) is 9.59 Å². The minimum absolute atomic E-state index is 0.0192. The molecule has 3 aromatic carbocycles. The number of methoxy groups -OCH3 is 1. The number of hydrogen-bond donors (Lipinski definition) is 2. The fourth-order valence-electron chi connectivity index (χ4n) is 2.75. The molecule has 3 rings (SSSR count). The van der Waals surface area contributed by atoms with Crippen LogP contribution in [0.2, 0.25) is 0 Å². The van der Waals surface area contributed by atoms with Gasteiger partial charge in [-0.15, -0.1) is 0 Å². The van der Waals surface area contributed by atoms with Gasteiger partial charge in [-0.3, -0.25) is 19.7 Å². The second-order valence-corrected chi connectivity index (χ2v) is 7.65. The van der Waals surface area contributed by atoms with Gasteiger partial charge in [0.25, 0.3) is 5.69 Å². The van der Waals surface area contributed by atoms with Crippen molar-refractivity contribution in [2.75, 3.05) is 12.4 Å². The number of carbonyl (C=O) groups excluding carboxylic acids is 3. The number of hydrazone groups is 1. The molecule has 0 spiro atoms. The predicted molar refractivity (Wildman–Crippen MR) is 130 cm³/mol. The van der Waals surface area contributed by atoms with Crippen LogP contribution in [0.15, 0.2) is 76.3 Å². The standard InChI is InChI=1S/C23H17BrN4O7/c1-34-20-12-14(13-25-27-22(30)21(29)26-16-9-7-15(24)8-10-16)6-11-19(20)35-23(31)17-4-2-3-5-18(17)28(32)33/h2-13H,1H3,(H,26,29)(H,27,30). The van der Waals surface area contributed by atoms with Crippen LogP contribution >= 0.6 is 15.9 Å². The van der Waals surface area contributed by atoms with E-state index in [1.54, 1.807) is 24.3 Å². The van der Waals surface area contributed by atoms with Crippen LogP contribution in [0, 0.1) is 10.1 Å². The summed E-state index contributed by atoms with van der Waals surface area (Å²) < 4.78 is 11.3. The summed E-state index contributed by atoms with van der Waals surface area (Å²) in [6, 6.07) is 16.4. The maximum absolute atomic E-state index is 12.5. The number of rotatable bonds is 7. The highest BCUT2D eigenvalue weighted by Gasteiger charge is 2.22. The van der Waals surface area contributed by atoms with Crippen LogP contribution in [0.5, 0.6) is 11.5 Å². The molecule has 0 radical (unpaired) electrons. The average Bonchev–Trinajstić information content (AvgIpc) is 2.85. The van der Waals surface area contributed by atoms with Crippen LogP contribution in [0.1, 0.15) is 15.9 Å². The second-order valence-electron chi connectivity index (χ2n) is 6.73. The van der Waals surface area contributed by atoms with Crippen molar-refractivity contribution in [3.8, 4) is 11.5 Å². The predicted octanol–water partition coefficient (Wildman–Crippen LogP) is 3.67. The number of amides is 2. The SMILES string of the molecule is COc1cc(C=NNC(=O)C(=O)Nc2ccc(Br)cc2)ccc1OC(=O)c1ccccc1[N+](=O)[O-]. The number of para-hydroxylation sites is 1. The molecule has 0 bridgehead atoms. The van der Waals surface area contributed by atoms with Crippen molar-refractivity contribution in [3.05, 3.63) is 92.4 Å².